The van der Waals surface area contributed by atoms with Crippen LogP contribution in [-0.4, -0.2) is 41.8 Å². The summed E-state index contributed by atoms with van der Waals surface area (Å²) >= 11 is 0. The minimum Gasteiger partial charge on any atom is -0.491 e. The van der Waals surface area contributed by atoms with Crippen LogP contribution in [0.25, 0.3) is 0 Å². The van der Waals surface area contributed by atoms with Gasteiger partial charge in [-0.3, -0.25) is 9.59 Å². The Morgan fingerprint density at radius 2 is 2.21 bits per heavy atom. The van der Waals surface area contributed by atoms with E-state index in [4.69, 9.17) is 14.6 Å². The molecule has 1 aliphatic rings. The quantitative estimate of drug-likeness (QED) is 0.763. The summed E-state index contributed by atoms with van der Waals surface area (Å²) in [5, 5.41) is 11.6. The first-order valence-electron chi connectivity index (χ1n) is 8.24. The zero-order chi connectivity index (χ0) is 17.6. The summed E-state index contributed by atoms with van der Waals surface area (Å²) in [5.74, 6) is -0.490. The SMILES string of the molecule is CC(C)(CCC(=O)O)NC(=O)c1cccc(OCC2CCCO2)c1. The van der Waals surface area contributed by atoms with Crippen molar-refractivity contribution in [2.24, 2.45) is 0 Å². The Balaban J connectivity index is 1.91. The lowest BCUT2D eigenvalue weighted by atomic mass is 9.97. The van der Waals surface area contributed by atoms with E-state index in [1.165, 1.54) is 0 Å². The molecule has 0 aliphatic carbocycles. The second kappa shape index (κ2) is 8.15. The maximum atomic E-state index is 12.4. The maximum absolute atomic E-state index is 12.4. The molecule has 0 aromatic heterocycles. The molecule has 1 saturated heterocycles. The number of carbonyl (C=O) groups is 2. The van der Waals surface area contributed by atoms with Crippen molar-refractivity contribution in [1.82, 2.24) is 5.32 Å². The van der Waals surface area contributed by atoms with Gasteiger partial charge in [0.2, 0.25) is 0 Å². The highest BCUT2D eigenvalue weighted by Crippen LogP contribution is 2.18. The molecule has 2 N–H and O–H groups in total. The first kappa shape index (κ1) is 18.3. The van der Waals surface area contributed by atoms with Crippen LogP contribution in [0.3, 0.4) is 0 Å². The second-order valence-corrected chi connectivity index (χ2v) is 6.71. The van der Waals surface area contributed by atoms with E-state index in [1.54, 1.807) is 24.3 Å². The number of carbonyl (C=O) groups excluding carboxylic acids is 1. The smallest absolute Gasteiger partial charge is 0.303 e. The molecule has 24 heavy (non-hydrogen) atoms. The molecule has 0 spiro atoms. The molecule has 0 bridgehead atoms. The predicted octanol–water partition coefficient (Wildman–Crippen LogP) is 2.62. The van der Waals surface area contributed by atoms with E-state index in [-0.39, 0.29) is 18.4 Å². The fourth-order valence-corrected chi connectivity index (χ4v) is 2.55. The summed E-state index contributed by atoms with van der Waals surface area (Å²) < 4.78 is 11.2. The van der Waals surface area contributed by atoms with Crippen LogP contribution in [0.4, 0.5) is 0 Å². The van der Waals surface area contributed by atoms with E-state index in [1.807, 2.05) is 13.8 Å². The fraction of sp³-hybridized carbons (Fsp3) is 0.556. The van der Waals surface area contributed by atoms with Crippen molar-refractivity contribution < 1.29 is 24.2 Å². The first-order chi connectivity index (χ1) is 11.4. The summed E-state index contributed by atoms with van der Waals surface area (Å²) in [6, 6.07) is 6.98. The number of benzene rings is 1. The Kier molecular flexibility index (Phi) is 6.20. The average Bonchev–Trinajstić information content (AvgIpc) is 3.04. The topological polar surface area (TPSA) is 84.9 Å². The Morgan fingerprint density at radius 3 is 2.88 bits per heavy atom. The molecular weight excluding hydrogens is 310 g/mol. The maximum Gasteiger partial charge on any atom is 0.303 e. The molecule has 1 aromatic carbocycles. The van der Waals surface area contributed by atoms with Crippen LogP contribution in [0, 0.1) is 0 Å². The summed E-state index contributed by atoms with van der Waals surface area (Å²) in [7, 11) is 0. The first-order valence-corrected chi connectivity index (χ1v) is 8.24. The van der Waals surface area contributed by atoms with Gasteiger partial charge in [0.05, 0.1) is 6.10 Å². The summed E-state index contributed by atoms with van der Waals surface area (Å²) in [6.07, 6.45) is 2.55. The minimum absolute atomic E-state index is 0.0117. The summed E-state index contributed by atoms with van der Waals surface area (Å²) in [5.41, 5.74) is -0.104. The van der Waals surface area contributed by atoms with E-state index in [2.05, 4.69) is 5.32 Å². The van der Waals surface area contributed by atoms with Crippen molar-refractivity contribution in [3.8, 4) is 5.75 Å². The Bertz CT molecular complexity index is 579. The molecule has 1 fully saturated rings. The number of ether oxygens (including phenoxy) is 2. The molecule has 0 radical (unpaired) electrons. The Morgan fingerprint density at radius 1 is 1.42 bits per heavy atom. The molecule has 2 rings (SSSR count). The van der Waals surface area contributed by atoms with Gasteiger partial charge in [-0.25, -0.2) is 0 Å². The van der Waals surface area contributed by atoms with Gasteiger partial charge in [-0.1, -0.05) is 6.07 Å². The van der Waals surface area contributed by atoms with Crippen molar-refractivity contribution in [2.45, 2.75) is 51.2 Å². The van der Waals surface area contributed by atoms with E-state index >= 15 is 0 Å². The van der Waals surface area contributed by atoms with E-state index in [0.717, 1.165) is 19.4 Å². The summed E-state index contributed by atoms with van der Waals surface area (Å²) in [4.78, 5) is 23.1. The van der Waals surface area contributed by atoms with Gasteiger partial charge in [0.25, 0.3) is 5.91 Å². The third-order valence-electron chi connectivity index (χ3n) is 3.97. The number of hydrogen-bond donors (Lipinski definition) is 2. The highest BCUT2D eigenvalue weighted by atomic mass is 16.5. The van der Waals surface area contributed by atoms with Crippen LogP contribution in [0.15, 0.2) is 24.3 Å². The molecule has 132 valence electrons. The molecule has 1 heterocycles. The highest BCUT2D eigenvalue weighted by Gasteiger charge is 2.22. The monoisotopic (exact) mass is 335 g/mol. The number of amides is 1. The third-order valence-corrected chi connectivity index (χ3v) is 3.97. The lowest BCUT2D eigenvalue weighted by Gasteiger charge is -2.25. The molecule has 1 aromatic rings. The second-order valence-electron chi connectivity index (χ2n) is 6.71. The number of aliphatic carboxylic acids is 1. The van der Waals surface area contributed by atoms with Crippen molar-refractivity contribution >= 4 is 11.9 Å². The van der Waals surface area contributed by atoms with Crippen LogP contribution in [0.2, 0.25) is 0 Å². The zero-order valence-corrected chi connectivity index (χ0v) is 14.2. The van der Waals surface area contributed by atoms with Crippen LogP contribution in [0.5, 0.6) is 5.75 Å². The molecule has 6 nitrogen and oxygen atoms in total. The van der Waals surface area contributed by atoms with Crippen molar-refractivity contribution in [2.75, 3.05) is 13.2 Å². The zero-order valence-electron chi connectivity index (χ0n) is 14.2. The van der Waals surface area contributed by atoms with E-state index in [0.29, 0.717) is 24.3 Å². The van der Waals surface area contributed by atoms with Crippen LogP contribution in [-0.2, 0) is 9.53 Å². The summed E-state index contributed by atoms with van der Waals surface area (Å²) in [6.45, 7) is 4.88. The number of hydrogen-bond acceptors (Lipinski definition) is 4. The molecule has 1 amide bonds. The Labute approximate surface area is 142 Å². The largest absolute Gasteiger partial charge is 0.491 e. The molecule has 1 aliphatic heterocycles. The standard InChI is InChI=1S/C18H25NO5/c1-18(2,9-8-16(20)21)19-17(22)13-5-3-6-14(11-13)24-12-15-7-4-10-23-15/h3,5-6,11,15H,4,7-10,12H2,1-2H3,(H,19,22)(H,20,21). The van der Waals surface area contributed by atoms with Gasteiger partial charge in [-0.05, 0) is 51.3 Å². The van der Waals surface area contributed by atoms with Crippen LogP contribution < -0.4 is 10.1 Å². The average molecular weight is 335 g/mol. The third kappa shape index (κ3) is 5.85. The van der Waals surface area contributed by atoms with Gasteiger partial charge < -0.3 is 19.9 Å². The lowest BCUT2D eigenvalue weighted by Crippen LogP contribution is -2.43. The predicted molar refractivity (Wildman–Crippen MR) is 89.3 cm³/mol. The van der Waals surface area contributed by atoms with Gasteiger partial charge in [0, 0.05) is 24.1 Å². The lowest BCUT2D eigenvalue weighted by molar-refractivity contribution is -0.137. The number of carboxylic acid groups (broad SMARTS) is 1. The van der Waals surface area contributed by atoms with Crippen molar-refractivity contribution in [3.63, 3.8) is 0 Å². The van der Waals surface area contributed by atoms with Crippen molar-refractivity contribution in [1.29, 1.82) is 0 Å². The van der Waals surface area contributed by atoms with Crippen LogP contribution in [0.1, 0.15) is 49.9 Å². The van der Waals surface area contributed by atoms with Gasteiger partial charge in [0.1, 0.15) is 12.4 Å². The molecule has 6 heteroatoms. The van der Waals surface area contributed by atoms with Gasteiger partial charge in [-0.2, -0.15) is 0 Å². The number of rotatable bonds is 8. The van der Waals surface area contributed by atoms with E-state index < -0.39 is 11.5 Å². The van der Waals surface area contributed by atoms with Gasteiger partial charge in [0.15, 0.2) is 0 Å². The molecular formula is C18H25NO5. The molecule has 1 unspecified atom stereocenters. The number of nitrogens with one attached hydrogen (secondary N) is 1. The normalized spacial score (nSPS) is 17.5. The van der Waals surface area contributed by atoms with Gasteiger partial charge in [-0.15, -0.1) is 0 Å². The van der Waals surface area contributed by atoms with Gasteiger partial charge >= 0.3 is 5.97 Å². The van der Waals surface area contributed by atoms with Crippen molar-refractivity contribution in [3.05, 3.63) is 29.8 Å². The van der Waals surface area contributed by atoms with E-state index in [9.17, 15) is 9.59 Å². The van der Waals surface area contributed by atoms with Crippen LogP contribution >= 0.6 is 0 Å². The molecule has 0 saturated carbocycles. The fourth-order valence-electron chi connectivity index (χ4n) is 2.55. The highest BCUT2D eigenvalue weighted by molar-refractivity contribution is 5.95. The molecule has 1 atom stereocenters. The minimum atomic E-state index is -0.873. The number of carboxylic acids is 1. The Hall–Kier alpha value is -2.08.